The zero-order chi connectivity index (χ0) is 13.1. The van der Waals surface area contributed by atoms with Crippen LogP contribution in [0.15, 0.2) is 29.0 Å². The molecule has 2 N–H and O–H groups in total. The third-order valence-electron chi connectivity index (χ3n) is 2.24. The van der Waals surface area contributed by atoms with E-state index in [1.807, 2.05) is 6.92 Å². The molecule has 0 aliphatic heterocycles. The van der Waals surface area contributed by atoms with E-state index in [0.29, 0.717) is 22.6 Å². The molecule has 2 heterocycles. The molecular weight excluding hydrogens is 300 g/mol. The van der Waals surface area contributed by atoms with Crippen molar-refractivity contribution in [2.24, 2.45) is 5.73 Å². The zero-order valence-corrected chi connectivity index (χ0v) is 11.2. The molecule has 0 spiro atoms. The van der Waals surface area contributed by atoms with Gasteiger partial charge in [0.05, 0.1) is 6.20 Å². The predicted octanol–water partition coefficient (Wildman–Crippen LogP) is 1.95. The van der Waals surface area contributed by atoms with Gasteiger partial charge in [-0.15, -0.1) is 0 Å². The van der Waals surface area contributed by atoms with Crippen LogP contribution in [0.1, 0.15) is 17.4 Å². The lowest BCUT2D eigenvalue weighted by Crippen LogP contribution is -2.14. The third kappa shape index (κ3) is 2.51. The van der Waals surface area contributed by atoms with Crippen LogP contribution in [0.4, 0.5) is 0 Å². The Morgan fingerprint density at radius 3 is 3.06 bits per heavy atom. The highest BCUT2D eigenvalue weighted by Gasteiger charge is 2.14. The number of rotatable bonds is 4. The smallest absolute Gasteiger partial charge is 0.271 e. The molecule has 0 aliphatic carbocycles. The first-order valence-corrected chi connectivity index (χ1v) is 6.06. The Hall–Kier alpha value is -1.89. The van der Waals surface area contributed by atoms with Gasteiger partial charge in [0.1, 0.15) is 0 Å². The number of hydrogen-bond acceptors (Lipinski definition) is 4. The van der Waals surface area contributed by atoms with Crippen LogP contribution in [-0.2, 0) is 6.54 Å². The Morgan fingerprint density at radius 2 is 2.39 bits per heavy atom. The van der Waals surface area contributed by atoms with Crippen LogP contribution in [0.2, 0.25) is 0 Å². The summed E-state index contributed by atoms with van der Waals surface area (Å²) >= 11 is 3.27. The Bertz CT molecular complexity index is 582. The van der Waals surface area contributed by atoms with Crippen LogP contribution in [0.3, 0.4) is 0 Å². The van der Waals surface area contributed by atoms with Crippen LogP contribution in [0.5, 0.6) is 11.6 Å². The number of nitrogens with two attached hydrogens (primary N) is 1. The first-order valence-electron chi connectivity index (χ1n) is 5.27. The number of nitrogens with zero attached hydrogens (tertiary/aromatic N) is 3. The van der Waals surface area contributed by atoms with Crippen LogP contribution in [0, 0.1) is 0 Å². The minimum atomic E-state index is -0.639. The number of halogens is 1. The van der Waals surface area contributed by atoms with E-state index >= 15 is 0 Å². The van der Waals surface area contributed by atoms with Gasteiger partial charge in [-0.25, -0.2) is 9.67 Å². The van der Waals surface area contributed by atoms with Crippen LogP contribution >= 0.6 is 15.9 Å². The van der Waals surface area contributed by atoms with Crippen molar-refractivity contribution in [2.45, 2.75) is 13.5 Å². The molecule has 1 amide bonds. The number of pyridine rings is 1. The van der Waals surface area contributed by atoms with Crippen molar-refractivity contribution in [3.63, 3.8) is 0 Å². The molecule has 2 rings (SSSR count). The molecule has 0 aliphatic rings. The highest BCUT2D eigenvalue weighted by molar-refractivity contribution is 9.10. The number of hydrogen-bond donors (Lipinski definition) is 1. The summed E-state index contributed by atoms with van der Waals surface area (Å²) in [7, 11) is 0. The fourth-order valence-electron chi connectivity index (χ4n) is 1.44. The molecule has 0 fully saturated rings. The van der Waals surface area contributed by atoms with E-state index in [9.17, 15) is 4.79 Å². The lowest BCUT2D eigenvalue weighted by atomic mass is 10.3. The van der Waals surface area contributed by atoms with Gasteiger partial charge in [-0.05, 0) is 28.9 Å². The van der Waals surface area contributed by atoms with Gasteiger partial charge in [0.15, 0.2) is 11.4 Å². The summed E-state index contributed by atoms with van der Waals surface area (Å²) in [5, 5.41) is 4.07. The van der Waals surface area contributed by atoms with Gasteiger partial charge in [-0.1, -0.05) is 0 Å². The molecule has 0 saturated heterocycles. The molecule has 0 saturated carbocycles. The summed E-state index contributed by atoms with van der Waals surface area (Å²) in [5.41, 5.74) is 5.33. The van der Waals surface area contributed by atoms with Crippen molar-refractivity contribution in [3.05, 3.63) is 34.7 Å². The van der Waals surface area contributed by atoms with Crippen LogP contribution in [0.25, 0.3) is 0 Å². The minimum absolute atomic E-state index is 0.0852. The van der Waals surface area contributed by atoms with E-state index in [1.54, 1.807) is 23.0 Å². The molecule has 0 bridgehead atoms. The summed E-state index contributed by atoms with van der Waals surface area (Å²) in [6.07, 6.45) is 3.11. The molecule has 2 aromatic heterocycles. The average Bonchev–Trinajstić information content (AvgIpc) is 2.76. The Kier molecular flexibility index (Phi) is 3.61. The number of aromatic nitrogens is 3. The number of primary amides is 1. The highest BCUT2D eigenvalue weighted by atomic mass is 79.9. The van der Waals surface area contributed by atoms with Gasteiger partial charge in [0.25, 0.3) is 5.91 Å². The van der Waals surface area contributed by atoms with Crippen molar-refractivity contribution >= 4 is 21.8 Å². The van der Waals surface area contributed by atoms with E-state index in [2.05, 4.69) is 26.0 Å². The molecule has 2 aromatic rings. The summed E-state index contributed by atoms with van der Waals surface area (Å²) < 4.78 is 7.98. The largest absolute Gasteiger partial charge is 0.437 e. The Balaban J connectivity index is 2.39. The number of ether oxygens (including phenoxy) is 1. The maximum absolute atomic E-state index is 11.3. The lowest BCUT2D eigenvalue weighted by molar-refractivity contribution is 0.0993. The molecule has 18 heavy (non-hydrogen) atoms. The summed E-state index contributed by atoms with van der Waals surface area (Å²) in [5.74, 6) is 0.187. The highest BCUT2D eigenvalue weighted by Crippen LogP contribution is 2.26. The topological polar surface area (TPSA) is 83.0 Å². The van der Waals surface area contributed by atoms with Crippen molar-refractivity contribution in [1.29, 1.82) is 0 Å². The predicted molar refractivity (Wildman–Crippen MR) is 68.4 cm³/mol. The van der Waals surface area contributed by atoms with Gasteiger partial charge in [0, 0.05) is 23.3 Å². The van der Waals surface area contributed by atoms with Crippen molar-refractivity contribution in [3.8, 4) is 11.6 Å². The van der Waals surface area contributed by atoms with Crippen molar-refractivity contribution < 1.29 is 9.53 Å². The second-order valence-electron chi connectivity index (χ2n) is 3.45. The van der Waals surface area contributed by atoms with E-state index in [1.165, 1.54) is 6.20 Å². The maximum Gasteiger partial charge on any atom is 0.271 e. The lowest BCUT2D eigenvalue weighted by Gasteiger charge is -2.09. The molecule has 0 radical (unpaired) electrons. The third-order valence-corrected chi connectivity index (χ3v) is 2.68. The van der Waals surface area contributed by atoms with E-state index in [-0.39, 0.29) is 5.69 Å². The number of carbonyl (C=O) groups excluding carboxylic acids is 1. The molecule has 94 valence electrons. The Morgan fingerprint density at radius 1 is 1.61 bits per heavy atom. The van der Waals surface area contributed by atoms with E-state index in [4.69, 9.17) is 10.5 Å². The van der Waals surface area contributed by atoms with E-state index < -0.39 is 5.91 Å². The first kappa shape index (κ1) is 12.6. The van der Waals surface area contributed by atoms with Crippen molar-refractivity contribution in [2.75, 3.05) is 0 Å². The maximum atomic E-state index is 11.3. The van der Waals surface area contributed by atoms with Crippen molar-refractivity contribution in [1.82, 2.24) is 14.8 Å². The fourth-order valence-corrected chi connectivity index (χ4v) is 1.75. The molecule has 6 nitrogen and oxygen atoms in total. The normalized spacial score (nSPS) is 10.3. The summed E-state index contributed by atoms with van der Waals surface area (Å²) in [6, 6.07) is 3.34. The second kappa shape index (κ2) is 5.18. The molecule has 7 heteroatoms. The van der Waals surface area contributed by atoms with Gasteiger partial charge in [-0.2, -0.15) is 5.10 Å². The summed E-state index contributed by atoms with van der Waals surface area (Å²) in [4.78, 5) is 15.2. The number of aryl methyl sites for hydroxylation is 1. The SMILES string of the molecule is CCn1nccc1Oc1cc(Br)cnc1C(N)=O. The Labute approximate surface area is 112 Å². The molecular formula is C11H11BrN4O2. The van der Waals surface area contributed by atoms with Gasteiger partial charge in [0.2, 0.25) is 5.88 Å². The standard InChI is InChI=1S/C11H11BrN4O2/c1-2-16-9(3-4-15-16)18-8-5-7(12)6-14-10(8)11(13)17/h3-6H,2H2,1H3,(H2,13,17). The van der Waals surface area contributed by atoms with Gasteiger partial charge >= 0.3 is 0 Å². The number of amides is 1. The molecule has 0 aromatic carbocycles. The minimum Gasteiger partial charge on any atom is -0.437 e. The average molecular weight is 311 g/mol. The molecule has 0 unspecified atom stereocenters. The van der Waals surface area contributed by atoms with Crippen LogP contribution < -0.4 is 10.5 Å². The zero-order valence-electron chi connectivity index (χ0n) is 9.63. The molecule has 0 atom stereocenters. The van der Waals surface area contributed by atoms with Gasteiger partial charge in [-0.3, -0.25) is 4.79 Å². The van der Waals surface area contributed by atoms with Gasteiger partial charge < -0.3 is 10.5 Å². The fraction of sp³-hybridized carbons (Fsp3) is 0.182. The first-order chi connectivity index (χ1) is 8.61. The quantitative estimate of drug-likeness (QED) is 0.935. The van der Waals surface area contributed by atoms with Crippen LogP contribution in [-0.4, -0.2) is 20.7 Å². The number of carbonyl (C=O) groups is 1. The second-order valence-corrected chi connectivity index (χ2v) is 4.37. The van der Waals surface area contributed by atoms with E-state index in [0.717, 1.165) is 0 Å². The monoisotopic (exact) mass is 310 g/mol. The summed E-state index contributed by atoms with van der Waals surface area (Å²) in [6.45, 7) is 2.60.